The number of hydrogen-bond acceptors (Lipinski definition) is 6. The molecule has 1 aromatic heterocycles. The number of tetrazole rings is 1. The molecule has 94 valence electrons. The largest absolute Gasteiger partial charge is 0.493 e. The van der Waals surface area contributed by atoms with Crippen LogP contribution in [-0.4, -0.2) is 33.6 Å². The van der Waals surface area contributed by atoms with Gasteiger partial charge < -0.3 is 9.47 Å². The molecule has 0 unspecified atom stereocenters. The summed E-state index contributed by atoms with van der Waals surface area (Å²) in [6.45, 7) is 0.159. The zero-order valence-electron chi connectivity index (χ0n) is 10.0. The maximum absolute atomic E-state index is 10.7. The molecule has 0 aliphatic rings. The van der Waals surface area contributed by atoms with Gasteiger partial charge in [0.2, 0.25) is 5.82 Å². The minimum Gasteiger partial charge on any atom is -0.493 e. The van der Waals surface area contributed by atoms with Gasteiger partial charge in [-0.25, -0.2) is 0 Å². The van der Waals surface area contributed by atoms with E-state index in [2.05, 4.69) is 15.4 Å². The highest BCUT2D eigenvalue weighted by Crippen LogP contribution is 2.27. The van der Waals surface area contributed by atoms with E-state index in [1.54, 1.807) is 25.2 Å². The highest BCUT2D eigenvalue weighted by Gasteiger charge is 2.08. The van der Waals surface area contributed by atoms with E-state index in [1.807, 2.05) is 0 Å². The average molecular weight is 248 g/mol. The standard InChI is InChI=1S/C11H12N4O3/c1-15-13-11(12-14-15)7-18-10-5-8(6-16)3-4-9(10)17-2/h3-6H,7H2,1-2H3. The minimum atomic E-state index is 0.159. The normalized spacial score (nSPS) is 10.1. The Kier molecular flexibility index (Phi) is 3.52. The average Bonchev–Trinajstić information content (AvgIpc) is 2.81. The molecule has 2 rings (SSSR count). The second-order valence-corrected chi connectivity index (χ2v) is 3.51. The van der Waals surface area contributed by atoms with Crippen molar-refractivity contribution in [1.82, 2.24) is 20.2 Å². The van der Waals surface area contributed by atoms with E-state index >= 15 is 0 Å². The first-order valence-electron chi connectivity index (χ1n) is 5.22. The van der Waals surface area contributed by atoms with Gasteiger partial charge in [0.05, 0.1) is 14.2 Å². The van der Waals surface area contributed by atoms with Crippen molar-refractivity contribution in [2.45, 2.75) is 6.61 Å². The minimum absolute atomic E-state index is 0.159. The lowest BCUT2D eigenvalue weighted by Gasteiger charge is -2.09. The second kappa shape index (κ2) is 5.26. The van der Waals surface area contributed by atoms with Crippen molar-refractivity contribution in [1.29, 1.82) is 0 Å². The number of ether oxygens (including phenoxy) is 2. The molecule has 1 aromatic carbocycles. The predicted octanol–water partition coefficient (Wildman–Crippen LogP) is 0.610. The number of rotatable bonds is 5. The summed E-state index contributed by atoms with van der Waals surface area (Å²) < 4.78 is 10.6. The van der Waals surface area contributed by atoms with Crippen LogP contribution >= 0.6 is 0 Å². The molecule has 0 fully saturated rings. The van der Waals surface area contributed by atoms with E-state index in [1.165, 1.54) is 11.9 Å². The van der Waals surface area contributed by atoms with Gasteiger partial charge in [-0.15, -0.1) is 10.2 Å². The third-order valence-corrected chi connectivity index (χ3v) is 2.23. The van der Waals surface area contributed by atoms with Gasteiger partial charge in [-0.05, 0) is 23.4 Å². The van der Waals surface area contributed by atoms with E-state index in [0.29, 0.717) is 22.9 Å². The van der Waals surface area contributed by atoms with Crippen molar-refractivity contribution in [2.24, 2.45) is 7.05 Å². The molecule has 7 heteroatoms. The van der Waals surface area contributed by atoms with Gasteiger partial charge >= 0.3 is 0 Å². The summed E-state index contributed by atoms with van der Waals surface area (Å²) in [6.07, 6.45) is 0.743. The fraction of sp³-hybridized carbons (Fsp3) is 0.273. The summed E-state index contributed by atoms with van der Waals surface area (Å²) in [5.74, 6) is 1.47. The zero-order chi connectivity index (χ0) is 13.0. The summed E-state index contributed by atoms with van der Waals surface area (Å²) in [7, 11) is 3.20. The smallest absolute Gasteiger partial charge is 0.212 e. The zero-order valence-corrected chi connectivity index (χ0v) is 10.0. The number of carbonyl (C=O) groups excluding carboxylic acids is 1. The van der Waals surface area contributed by atoms with Crippen molar-refractivity contribution >= 4 is 6.29 Å². The summed E-state index contributed by atoms with van der Waals surface area (Å²) in [4.78, 5) is 12.0. The third kappa shape index (κ3) is 2.62. The second-order valence-electron chi connectivity index (χ2n) is 3.51. The first-order valence-corrected chi connectivity index (χ1v) is 5.22. The first kappa shape index (κ1) is 12.0. The van der Waals surface area contributed by atoms with Crippen molar-refractivity contribution in [3.05, 3.63) is 29.6 Å². The molecule has 1 heterocycles. The molecule has 0 bridgehead atoms. The van der Waals surface area contributed by atoms with Crippen LogP contribution in [0.4, 0.5) is 0 Å². The Hall–Kier alpha value is -2.44. The van der Waals surface area contributed by atoms with E-state index in [9.17, 15) is 4.79 Å². The van der Waals surface area contributed by atoms with Crippen LogP contribution < -0.4 is 9.47 Å². The highest BCUT2D eigenvalue weighted by atomic mass is 16.5. The van der Waals surface area contributed by atoms with Crippen LogP contribution in [0.25, 0.3) is 0 Å². The van der Waals surface area contributed by atoms with Crippen molar-refractivity contribution in [3.63, 3.8) is 0 Å². The van der Waals surface area contributed by atoms with Crippen molar-refractivity contribution < 1.29 is 14.3 Å². The van der Waals surface area contributed by atoms with Gasteiger partial charge in [0.25, 0.3) is 0 Å². The number of methoxy groups -OCH3 is 1. The molecular weight excluding hydrogens is 236 g/mol. The fourth-order valence-electron chi connectivity index (χ4n) is 1.40. The van der Waals surface area contributed by atoms with Crippen LogP contribution in [0.2, 0.25) is 0 Å². The number of carbonyl (C=O) groups is 1. The summed E-state index contributed by atoms with van der Waals surface area (Å²) in [5.41, 5.74) is 0.512. The lowest BCUT2D eigenvalue weighted by molar-refractivity contribution is 0.112. The van der Waals surface area contributed by atoms with Crippen LogP contribution in [0, 0.1) is 0 Å². The number of nitrogens with zero attached hydrogens (tertiary/aromatic N) is 4. The number of aromatic nitrogens is 4. The number of aldehydes is 1. The Morgan fingerprint density at radius 1 is 1.39 bits per heavy atom. The molecule has 0 aliphatic heterocycles. The number of benzene rings is 1. The Morgan fingerprint density at radius 2 is 2.22 bits per heavy atom. The lowest BCUT2D eigenvalue weighted by atomic mass is 10.2. The molecular formula is C11H12N4O3. The van der Waals surface area contributed by atoms with Crippen LogP contribution in [-0.2, 0) is 13.7 Å². The topological polar surface area (TPSA) is 79.1 Å². The molecule has 0 saturated heterocycles. The Labute approximate surface area is 103 Å². The van der Waals surface area contributed by atoms with Gasteiger partial charge in [-0.2, -0.15) is 4.80 Å². The van der Waals surface area contributed by atoms with Crippen molar-refractivity contribution in [2.75, 3.05) is 7.11 Å². The van der Waals surface area contributed by atoms with Gasteiger partial charge in [0, 0.05) is 5.56 Å². The van der Waals surface area contributed by atoms with E-state index in [4.69, 9.17) is 9.47 Å². The molecule has 0 amide bonds. The molecule has 2 aromatic rings. The summed E-state index contributed by atoms with van der Waals surface area (Å²) in [5, 5.41) is 11.5. The van der Waals surface area contributed by atoms with Crippen LogP contribution in [0.3, 0.4) is 0 Å². The van der Waals surface area contributed by atoms with Crippen LogP contribution in [0.15, 0.2) is 18.2 Å². The van der Waals surface area contributed by atoms with Gasteiger partial charge in [-0.1, -0.05) is 0 Å². The van der Waals surface area contributed by atoms with Crippen LogP contribution in [0.5, 0.6) is 11.5 Å². The molecule has 0 N–H and O–H groups in total. The van der Waals surface area contributed by atoms with E-state index in [-0.39, 0.29) is 6.61 Å². The van der Waals surface area contributed by atoms with Gasteiger partial charge in [-0.3, -0.25) is 4.79 Å². The number of hydrogen-bond donors (Lipinski definition) is 0. The quantitative estimate of drug-likeness (QED) is 0.721. The molecule has 18 heavy (non-hydrogen) atoms. The highest BCUT2D eigenvalue weighted by molar-refractivity contribution is 5.76. The summed E-state index contributed by atoms with van der Waals surface area (Å²) >= 11 is 0. The molecule has 0 radical (unpaired) electrons. The maximum Gasteiger partial charge on any atom is 0.212 e. The Balaban J connectivity index is 2.14. The Bertz CT molecular complexity index is 553. The maximum atomic E-state index is 10.7. The third-order valence-electron chi connectivity index (χ3n) is 2.23. The van der Waals surface area contributed by atoms with Crippen molar-refractivity contribution in [3.8, 4) is 11.5 Å². The molecule has 7 nitrogen and oxygen atoms in total. The van der Waals surface area contributed by atoms with Gasteiger partial charge in [0.1, 0.15) is 6.29 Å². The molecule has 0 spiro atoms. The van der Waals surface area contributed by atoms with E-state index in [0.717, 1.165) is 6.29 Å². The molecule has 0 atom stereocenters. The van der Waals surface area contributed by atoms with Crippen LogP contribution in [0.1, 0.15) is 16.2 Å². The first-order chi connectivity index (χ1) is 8.72. The number of aryl methyl sites for hydroxylation is 1. The SMILES string of the molecule is COc1ccc(C=O)cc1OCc1nnn(C)n1. The van der Waals surface area contributed by atoms with Gasteiger partial charge in [0.15, 0.2) is 18.1 Å². The fourth-order valence-corrected chi connectivity index (χ4v) is 1.40. The monoisotopic (exact) mass is 248 g/mol. The lowest BCUT2D eigenvalue weighted by Crippen LogP contribution is -2.01. The van der Waals surface area contributed by atoms with E-state index < -0.39 is 0 Å². The summed E-state index contributed by atoms with van der Waals surface area (Å²) in [6, 6.07) is 4.92. The predicted molar refractivity (Wildman–Crippen MR) is 61.5 cm³/mol. The Morgan fingerprint density at radius 3 is 2.83 bits per heavy atom. The molecule has 0 aliphatic carbocycles. The molecule has 0 saturated carbocycles.